The molecule has 2 aromatic rings. The lowest BCUT2D eigenvalue weighted by Gasteiger charge is -2.10. The number of hydrogen-bond donors (Lipinski definition) is 3. The topological polar surface area (TPSA) is 77.8 Å². The molecular weight excluding hydrogens is 300 g/mol. The number of hydrogen-bond acceptors (Lipinski definition) is 3. The molecule has 0 aromatic heterocycles. The molecule has 0 amide bonds. The minimum absolute atomic E-state index is 0.0339. The van der Waals surface area contributed by atoms with Crippen LogP contribution in [0.25, 0.3) is 16.8 Å². The molecule has 0 spiro atoms. The molecule has 0 aliphatic carbocycles. The predicted octanol–water partition coefficient (Wildman–Crippen LogP) is 3.11. The van der Waals surface area contributed by atoms with Crippen LogP contribution in [0.1, 0.15) is 5.56 Å². The fourth-order valence-electron chi connectivity index (χ4n) is 1.70. The zero-order valence-electron chi connectivity index (χ0n) is 9.09. The quantitative estimate of drug-likeness (QED) is 0.588. The van der Waals surface area contributed by atoms with Crippen molar-refractivity contribution in [3.8, 4) is 11.5 Å². The van der Waals surface area contributed by atoms with E-state index in [0.29, 0.717) is 10.8 Å². The minimum atomic E-state index is -1.13. The predicted molar refractivity (Wildman–Crippen MR) is 71.6 cm³/mol. The fourth-order valence-corrected chi connectivity index (χ4v) is 2.23. The maximum Gasteiger partial charge on any atom is 0.328 e. The number of rotatable bonds is 2. The molecule has 0 aliphatic rings. The van der Waals surface area contributed by atoms with Gasteiger partial charge in [-0.2, -0.15) is 0 Å². The number of halogens is 1. The zero-order chi connectivity index (χ0) is 13.3. The summed E-state index contributed by atoms with van der Waals surface area (Å²) in [6.45, 7) is 0. The average molecular weight is 309 g/mol. The Kier molecular flexibility index (Phi) is 3.25. The van der Waals surface area contributed by atoms with E-state index in [1.54, 1.807) is 24.3 Å². The second kappa shape index (κ2) is 4.70. The van der Waals surface area contributed by atoms with E-state index in [0.717, 1.165) is 6.08 Å². The lowest BCUT2D eigenvalue weighted by molar-refractivity contribution is -0.131. The number of fused-ring (bicyclic) bond motifs is 1. The molecule has 0 radical (unpaired) electrons. The number of carboxylic acid groups (broad SMARTS) is 1. The first-order valence-electron chi connectivity index (χ1n) is 5.05. The zero-order valence-corrected chi connectivity index (χ0v) is 10.7. The van der Waals surface area contributed by atoms with Gasteiger partial charge in [-0.05, 0) is 22.0 Å². The van der Waals surface area contributed by atoms with Crippen molar-refractivity contribution in [3.05, 3.63) is 40.4 Å². The van der Waals surface area contributed by atoms with Crippen LogP contribution in [0.4, 0.5) is 0 Å². The molecule has 18 heavy (non-hydrogen) atoms. The van der Waals surface area contributed by atoms with Gasteiger partial charge in [0.2, 0.25) is 0 Å². The Bertz CT molecular complexity index is 662. The summed E-state index contributed by atoms with van der Waals surface area (Å²) in [7, 11) is 0. The highest BCUT2D eigenvalue weighted by atomic mass is 79.9. The van der Waals surface area contributed by atoms with Gasteiger partial charge >= 0.3 is 5.97 Å². The minimum Gasteiger partial charge on any atom is -0.507 e. The highest BCUT2D eigenvalue weighted by molar-refractivity contribution is 9.10. The van der Waals surface area contributed by atoms with Crippen molar-refractivity contribution in [1.82, 2.24) is 0 Å². The molecule has 0 aliphatic heterocycles. The lowest BCUT2D eigenvalue weighted by atomic mass is 10.0. The van der Waals surface area contributed by atoms with Crippen LogP contribution in [-0.2, 0) is 4.79 Å². The smallest absolute Gasteiger partial charge is 0.328 e. The maximum atomic E-state index is 10.5. The number of carboxylic acids is 1. The van der Waals surface area contributed by atoms with Crippen LogP contribution in [0.5, 0.6) is 11.5 Å². The first kappa shape index (κ1) is 12.4. The van der Waals surface area contributed by atoms with E-state index >= 15 is 0 Å². The van der Waals surface area contributed by atoms with Gasteiger partial charge in [-0.1, -0.05) is 24.3 Å². The standard InChI is InChI=1S/C13H9BrO4/c14-11-9(5-6-10(15)16)12(17)7-3-1-2-4-8(7)13(11)18/h1-6,17-18H,(H,15,16)/b6-5+. The molecule has 2 aromatic carbocycles. The maximum absolute atomic E-state index is 10.5. The molecule has 5 heteroatoms. The number of carbonyl (C=O) groups is 1. The van der Waals surface area contributed by atoms with Gasteiger partial charge in [0.1, 0.15) is 11.5 Å². The van der Waals surface area contributed by atoms with Crippen LogP contribution in [-0.4, -0.2) is 21.3 Å². The Hall–Kier alpha value is -2.01. The van der Waals surface area contributed by atoms with Gasteiger partial charge in [0.25, 0.3) is 0 Å². The average Bonchev–Trinajstić information content (AvgIpc) is 2.36. The fraction of sp³-hybridized carbons (Fsp3) is 0. The number of aliphatic carboxylic acids is 1. The molecule has 0 bridgehead atoms. The van der Waals surface area contributed by atoms with Crippen molar-refractivity contribution in [3.63, 3.8) is 0 Å². The monoisotopic (exact) mass is 308 g/mol. The van der Waals surface area contributed by atoms with Crippen molar-refractivity contribution < 1.29 is 20.1 Å². The van der Waals surface area contributed by atoms with E-state index < -0.39 is 5.97 Å². The van der Waals surface area contributed by atoms with E-state index in [2.05, 4.69) is 15.9 Å². The van der Waals surface area contributed by atoms with Crippen molar-refractivity contribution >= 4 is 38.7 Å². The van der Waals surface area contributed by atoms with Crippen molar-refractivity contribution in [2.75, 3.05) is 0 Å². The number of phenols is 2. The highest BCUT2D eigenvalue weighted by Crippen LogP contribution is 2.43. The first-order chi connectivity index (χ1) is 8.52. The Balaban J connectivity index is 2.78. The van der Waals surface area contributed by atoms with Gasteiger partial charge < -0.3 is 15.3 Å². The molecule has 3 N–H and O–H groups in total. The van der Waals surface area contributed by atoms with Gasteiger partial charge in [0.05, 0.1) is 4.47 Å². The van der Waals surface area contributed by atoms with E-state index in [1.807, 2.05) is 0 Å². The van der Waals surface area contributed by atoms with Crippen molar-refractivity contribution in [2.24, 2.45) is 0 Å². The van der Waals surface area contributed by atoms with Crippen LogP contribution in [0.2, 0.25) is 0 Å². The molecule has 2 rings (SSSR count). The molecule has 0 atom stereocenters. The summed E-state index contributed by atoms with van der Waals surface area (Å²) >= 11 is 3.15. The second-order valence-corrected chi connectivity index (χ2v) is 4.44. The molecule has 0 fully saturated rings. The molecule has 0 saturated heterocycles. The summed E-state index contributed by atoms with van der Waals surface area (Å²) in [5.41, 5.74) is 0.230. The SMILES string of the molecule is O=C(O)/C=C/c1c(Br)c(O)c2ccccc2c1O. The normalized spacial score (nSPS) is 11.2. The molecule has 92 valence electrons. The van der Waals surface area contributed by atoms with E-state index in [1.165, 1.54) is 6.08 Å². The Morgan fingerprint density at radius 3 is 2.22 bits per heavy atom. The summed E-state index contributed by atoms with van der Waals surface area (Å²) < 4.78 is 0.260. The van der Waals surface area contributed by atoms with Gasteiger partial charge in [0, 0.05) is 22.4 Å². The lowest BCUT2D eigenvalue weighted by Crippen LogP contribution is -1.88. The summed E-state index contributed by atoms with van der Waals surface area (Å²) in [5.74, 6) is -1.24. The van der Waals surface area contributed by atoms with Crippen LogP contribution in [0.3, 0.4) is 0 Å². The Morgan fingerprint density at radius 1 is 1.11 bits per heavy atom. The molecular formula is C13H9BrO4. The summed E-state index contributed by atoms with van der Waals surface area (Å²) in [6, 6.07) is 6.77. The van der Waals surface area contributed by atoms with Crippen LogP contribution in [0, 0.1) is 0 Å². The van der Waals surface area contributed by atoms with Gasteiger partial charge in [0.15, 0.2) is 0 Å². The van der Waals surface area contributed by atoms with Gasteiger partial charge in [-0.3, -0.25) is 0 Å². The highest BCUT2D eigenvalue weighted by Gasteiger charge is 2.15. The molecule has 0 saturated carbocycles. The van der Waals surface area contributed by atoms with Gasteiger partial charge in [-0.25, -0.2) is 4.79 Å². The first-order valence-corrected chi connectivity index (χ1v) is 5.84. The second-order valence-electron chi connectivity index (χ2n) is 3.64. The third kappa shape index (κ3) is 2.04. The molecule has 0 unspecified atom stereocenters. The number of phenolic OH excluding ortho intramolecular Hbond substituents is 2. The molecule has 4 nitrogen and oxygen atoms in total. The van der Waals surface area contributed by atoms with E-state index in [4.69, 9.17) is 5.11 Å². The number of benzene rings is 2. The largest absolute Gasteiger partial charge is 0.507 e. The van der Waals surface area contributed by atoms with Crippen molar-refractivity contribution in [1.29, 1.82) is 0 Å². The van der Waals surface area contributed by atoms with Crippen molar-refractivity contribution in [2.45, 2.75) is 0 Å². The third-order valence-corrected chi connectivity index (χ3v) is 3.33. The van der Waals surface area contributed by atoms with Gasteiger partial charge in [-0.15, -0.1) is 0 Å². The Labute approximate surface area is 111 Å². The van der Waals surface area contributed by atoms with E-state index in [-0.39, 0.29) is 21.5 Å². The summed E-state index contributed by atoms with van der Waals surface area (Å²) in [5, 5.41) is 29.6. The van der Waals surface area contributed by atoms with Crippen LogP contribution >= 0.6 is 15.9 Å². The Morgan fingerprint density at radius 2 is 1.67 bits per heavy atom. The van der Waals surface area contributed by atoms with E-state index in [9.17, 15) is 15.0 Å². The summed E-state index contributed by atoms with van der Waals surface area (Å²) in [6.07, 6.45) is 2.13. The summed E-state index contributed by atoms with van der Waals surface area (Å²) in [4.78, 5) is 10.5. The third-order valence-electron chi connectivity index (χ3n) is 2.53. The number of aromatic hydroxyl groups is 2. The van der Waals surface area contributed by atoms with Crippen LogP contribution < -0.4 is 0 Å². The molecule has 0 heterocycles. The van der Waals surface area contributed by atoms with Crippen LogP contribution in [0.15, 0.2) is 34.8 Å².